The first kappa shape index (κ1) is 14.5. The van der Waals surface area contributed by atoms with Crippen molar-refractivity contribution in [3.63, 3.8) is 0 Å². The van der Waals surface area contributed by atoms with Crippen molar-refractivity contribution < 1.29 is 4.39 Å². The Hall–Kier alpha value is -0.890. The molecule has 2 rings (SSSR count). The van der Waals surface area contributed by atoms with E-state index < -0.39 is 0 Å². The molecule has 0 heterocycles. The molecule has 1 saturated carbocycles. The number of hydrogen-bond donors (Lipinski definition) is 1. The monoisotopic (exact) mass is 263 g/mol. The predicted molar refractivity (Wildman–Crippen MR) is 78.9 cm³/mol. The second kappa shape index (κ2) is 5.62. The van der Waals surface area contributed by atoms with Crippen molar-refractivity contribution in [1.82, 2.24) is 5.32 Å². The highest BCUT2D eigenvalue weighted by Crippen LogP contribution is 2.46. The molecule has 0 amide bonds. The smallest absolute Gasteiger partial charge is 0.126 e. The summed E-state index contributed by atoms with van der Waals surface area (Å²) in [4.78, 5) is 0. The molecule has 1 aromatic rings. The summed E-state index contributed by atoms with van der Waals surface area (Å²) in [5, 5.41) is 3.30. The molecule has 1 fully saturated rings. The Labute approximate surface area is 116 Å². The lowest BCUT2D eigenvalue weighted by molar-refractivity contribution is 0.161. The van der Waals surface area contributed by atoms with Crippen LogP contribution in [0.3, 0.4) is 0 Å². The van der Waals surface area contributed by atoms with Crippen LogP contribution in [0.4, 0.5) is 4.39 Å². The third-order valence-corrected chi connectivity index (χ3v) is 4.62. The maximum Gasteiger partial charge on any atom is 0.126 e. The highest BCUT2D eigenvalue weighted by atomic mass is 19.1. The van der Waals surface area contributed by atoms with Crippen LogP contribution in [-0.2, 0) is 0 Å². The molecule has 1 aromatic carbocycles. The third-order valence-electron chi connectivity index (χ3n) is 4.62. The maximum absolute atomic E-state index is 13.8. The molecular formula is C17H26FN. The molecule has 2 atom stereocenters. The van der Waals surface area contributed by atoms with E-state index in [0.717, 1.165) is 18.5 Å². The zero-order chi connectivity index (χ0) is 14.0. The lowest BCUT2D eigenvalue weighted by atomic mass is 9.65. The third kappa shape index (κ3) is 3.36. The number of benzene rings is 1. The van der Waals surface area contributed by atoms with Crippen LogP contribution >= 0.6 is 0 Å². The zero-order valence-corrected chi connectivity index (χ0v) is 12.6. The zero-order valence-electron chi connectivity index (χ0n) is 12.6. The second-order valence-electron chi connectivity index (χ2n) is 6.84. The van der Waals surface area contributed by atoms with Gasteiger partial charge in [-0.2, -0.15) is 0 Å². The van der Waals surface area contributed by atoms with E-state index in [0.29, 0.717) is 17.3 Å². The van der Waals surface area contributed by atoms with Gasteiger partial charge in [0.2, 0.25) is 0 Å². The lowest BCUT2D eigenvalue weighted by Crippen LogP contribution is -2.33. The van der Waals surface area contributed by atoms with E-state index in [1.807, 2.05) is 20.0 Å². The van der Waals surface area contributed by atoms with Crippen LogP contribution < -0.4 is 5.32 Å². The number of aryl methyl sites for hydroxylation is 1. The summed E-state index contributed by atoms with van der Waals surface area (Å²) in [6, 6.07) is 5.79. The average Bonchev–Trinajstić information content (AvgIpc) is 2.35. The van der Waals surface area contributed by atoms with Crippen molar-refractivity contribution in [3.05, 3.63) is 35.1 Å². The maximum atomic E-state index is 13.8. The van der Waals surface area contributed by atoms with E-state index in [4.69, 9.17) is 0 Å². The number of rotatable bonds is 3. The van der Waals surface area contributed by atoms with Crippen LogP contribution in [0.2, 0.25) is 0 Å². The van der Waals surface area contributed by atoms with Gasteiger partial charge in [-0.15, -0.1) is 0 Å². The summed E-state index contributed by atoms with van der Waals surface area (Å²) in [6.07, 6.45) is 3.65. The Bertz CT molecular complexity index is 439. The van der Waals surface area contributed by atoms with Gasteiger partial charge in [0, 0.05) is 0 Å². The highest BCUT2D eigenvalue weighted by Gasteiger charge is 2.35. The summed E-state index contributed by atoms with van der Waals surface area (Å²) in [6.45, 7) is 7.52. The number of halogens is 1. The van der Waals surface area contributed by atoms with Gasteiger partial charge in [0.15, 0.2) is 0 Å². The minimum atomic E-state index is -0.0657. The molecule has 19 heavy (non-hydrogen) atoms. The lowest BCUT2D eigenvalue weighted by Gasteiger charge is -2.41. The molecule has 0 aliphatic heterocycles. The summed E-state index contributed by atoms with van der Waals surface area (Å²) < 4.78 is 13.8. The van der Waals surface area contributed by atoms with Crippen LogP contribution in [0, 0.1) is 24.1 Å². The van der Waals surface area contributed by atoms with Crippen LogP contribution in [0.15, 0.2) is 18.2 Å². The first-order chi connectivity index (χ1) is 8.93. The number of nitrogens with one attached hydrogen (secondary N) is 1. The molecule has 1 nitrogen and oxygen atoms in total. The molecule has 1 aliphatic rings. The van der Waals surface area contributed by atoms with Gasteiger partial charge in [-0.25, -0.2) is 4.39 Å². The van der Waals surface area contributed by atoms with Gasteiger partial charge >= 0.3 is 0 Å². The van der Waals surface area contributed by atoms with Gasteiger partial charge in [0.25, 0.3) is 0 Å². The topological polar surface area (TPSA) is 12.0 Å². The molecule has 0 spiro atoms. The Morgan fingerprint density at radius 1 is 1.37 bits per heavy atom. The minimum Gasteiger partial charge on any atom is -0.319 e. The summed E-state index contributed by atoms with van der Waals surface area (Å²) in [7, 11) is 2.01. The van der Waals surface area contributed by atoms with Crippen molar-refractivity contribution >= 4 is 0 Å². The molecule has 106 valence electrons. The molecule has 2 unspecified atom stereocenters. The van der Waals surface area contributed by atoms with Crippen molar-refractivity contribution in [2.75, 3.05) is 13.6 Å². The molecule has 2 heteroatoms. The Balaban J connectivity index is 2.27. The molecule has 1 aliphatic carbocycles. The van der Waals surface area contributed by atoms with E-state index in [1.165, 1.54) is 18.4 Å². The van der Waals surface area contributed by atoms with Gasteiger partial charge in [0.05, 0.1) is 0 Å². The standard InChI is InChI=1S/C17H26FN/c1-12-5-6-13(9-16(12)18)15-10-17(2,3)8-7-14(15)11-19-4/h5-6,9,14-15,19H,7-8,10-11H2,1-4H3. The molecular weight excluding hydrogens is 237 g/mol. The van der Waals surface area contributed by atoms with Crippen molar-refractivity contribution in [2.24, 2.45) is 11.3 Å². The molecule has 0 saturated heterocycles. The average molecular weight is 263 g/mol. The Kier molecular flexibility index (Phi) is 4.29. The number of hydrogen-bond acceptors (Lipinski definition) is 1. The van der Waals surface area contributed by atoms with Crippen molar-refractivity contribution in [3.8, 4) is 0 Å². The van der Waals surface area contributed by atoms with E-state index in [-0.39, 0.29) is 5.82 Å². The Morgan fingerprint density at radius 2 is 2.11 bits per heavy atom. The molecule has 0 radical (unpaired) electrons. The van der Waals surface area contributed by atoms with E-state index in [9.17, 15) is 4.39 Å². The van der Waals surface area contributed by atoms with E-state index in [1.54, 1.807) is 6.07 Å². The van der Waals surface area contributed by atoms with Crippen LogP contribution in [-0.4, -0.2) is 13.6 Å². The second-order valence-corrected chi connectivity index (χ2v) is 6.84. The first-order valence-electron chi connectivity index (χ1n) is 7.33. The summed E-state index contributed by atoms with van der Waals surface area (Å²) in [5.74, 6) is 1.04. The van der Waals surface area contributed by atoms with Gasteiger partial charge in [-0.1, -0.05) is 26.0 Å². The van der Waals surface area contributed by atoms with Gasteiger partial charge in [-0.05, 0) is 74.2 Å². The predicted octanol–water partition coefficient (Wildman–Crippen LogP) is 4.26. The summed E-state index contributed by atoms with van der Waals surface area (Å²) in [5.41, 5.74) is 2.29. The van der Waals surface area contributed by atoms with Crippen LogP contribution in [0.1, 0.15) is 50.2 Å². The van der Waals surface area contributed by atoms with Gasteiger partial charge in [0.1, 0.15) is 5.82 Å². The van der Waals surface area contributed by atoms with Crippen LogP contribution in [0.25, 0.3) is 0 Å². The normalized spacial score (nSPS) is 26.4. The minimum absolute atomic E-state index is 0.0657. The molecule has 0 bridgehead atoms. The quantitative estimate of drug-likeness (QED) is 0.859. The first-order valence-corrected chi connectivity index (χ1v) is 7.33. The fraction of sp³-hybridized carbons (Fsp3) is 0.647. The van der Waals surface area contributed by atoms with E-state index in [2.05, 4.69) is 25.2 Å². The van der Waals surface area contributed by atoms with Crippen molar-refractivity contribution in [1.29, 1.82) is 0 Å². The van der Waals surface area contributed by atoms with Crippen LogP contribution in [0.5, 0.6) is 0 Å². The fourth-order valence-electron chi connectivity index (χ4n) is 3.38. The van der Waals surface area contributed by atoms with Gasteiger partial charge in [-0.3, -0.25) is 0 Å². The molecule has 0 aromatic heterocycles. The molecule has 1 N–H and O–H groups in total. The van der Waals surface area contributed by atoms with E-state index >= 15 is 0 Å². The SMILES string of the molecule is CNCC1CCC(C)(C)CC1c1ccc(C)c(F)c1. The van der Waals surface area contributed by atoms with Gasteiger partial charge < -0.3 is 5.32 Å². The Morgan fingerprint density at radius 3 is 2.74 bits per heavy atom. The summed E-state index contributed by atoms with van der Waals surface area (Å²) >= 11 is 0. The fourth-order valence-corrected chi connectivity index (χ4v) is 3.38. The largest absolute Gasteiger partial charge is 0.319 e. The van der Waals surface area contributed by atoms with Crippen molar-refractivity contribution in [2.45, 2.75) is 46.0 Å². The highest BCUT2D eigenvalue weighted by molar-refractivity contribution is 5.27.